The van der Waals surface area contributed by atoms with Crippen molar-refractivity contribution in [1.82, 2.24) is 0 Å². The molecule has 3 atom stereocenters. The van der Waals surface area contributed by atoms with E-state index in [2.05, 4.69) is 20.4 Å². The van der Waals surface area contributed by atoms with Gasteiger partial charge in [-0.15, -0.1) is 0 Å². The number of carbonyl (C=O) groups is 2. The molecule has 1 N–H and O–H groups in total. The standard InChI is InChI=1S/C21H28O5/c1-14-8-9-15(2)21(3,11-6-5-7-17(14)19(22)23)12-10-16-13-18(25-4)26-20(16)24/h5-7,13,15,18H,1,8-12H2,2-4H3,(H,22,23)/b6-5-,17-7-. The van der Waals surface area contributed by atoms with E-state index in [1.807, 2.05) is 6.08 Å². The first-order valence-corrected chi connectivity index (χ1v) is 8.99. The van der Waals surface area contributed by atoms with E-state index < -0.39 is 12.3 Å². The molecule has 2 rings (SSSR count). The number of ether oxygens (including phenoxy) is 2. The number of hydrogen-bond donors (Lipinski definition) is 1. The highest BCUT2D eigenvalue weighted by molar-refractivity contribution is 5.92. The molecule has 0 aromatic rings. The molecule has 0 saturated heterocycles. The summed E-state index contributed by atoms with van der Waals surface area (Å²) in [5, 5.41) is 9.31. The predicted molar refractivity (Wildman–Crippen MR) is 99.3 cm³/mol. The van der Waals surface area contributed by atoms with Gasteiger partial charge in [0.25, 0.3) is 0 Å². The van der Waals surface area contributed by atoms with E-state index in [1.165, 1.54) is 7.11 Å². The molecule has 0 spiro atoms. The van der Waals surface area contributed by atoms with Gasteiger partial charge >= 0.3 is 11.9 Å². The van der Waals surface area contributed by atoms with Crippen molar-refractivity contribution < 1.29 is 24.2 Å². The number of esters is 1. The van der Waals surface area contributed by atoms with Gasteiger partial charge in [0.15, 0.2) is 0 Å². The molecular weight excluding hydrogens is 332 g/mol. The second-order valence-electron chi connectivity index (χ2n) is 7.42. The molecule has 1 aliphatic carbocycles. The fourth-order valence-corrected chi connectivity index (χ4v) is 3.43. The lowest BCUT2D eigenvalue weighted by atomic mass is 9.69. The van der Waals surface area contributed by atoms with E-state index in [0.717, 1.165) is 19.3 Å². The van der Waals surface area contributed by atoms with Crippen LogP contribution in [-0.2, 0) is 19.1 Å². The minimum Gasteiger partial charge on any atom is -0.478 e. The van der Waals surface area contributed by atoms with Gasteiger partial charge in [-0.1, -0.05) is 32.6 Å². The maximum absolute atomic E-state index is 11.9. The van der Waals surface area contributed by atoms with Gasteiger partial charge in [-0.3, -0.25) is 0 Å². The van der Waals surface area contributed by atoms with Gasteiger partial charge in [-0.05, 0) is 61.2 Å². The summed E-state index contributed by atoms with van der Waals surface area (Å²) in [7, 11) is 1.51. The van der Waals surface area contributed by atoms with Crippen LogP contribution in [0.4, 0.5) is 0 Å². The van der Waals surface area contributed by atoms with Crippen molar-refractivity contribution in [3.8, 4) is 0 Å². The molecule has 142 valence electrons. The first-order chi connectivity index (χ1) is 12.3. The van der Waals surface area contributed by atoms with Gasteiger partial charge in [0.2, 0.25) is 6.29 Å². The first kappa shape index (κ1) is 20.2. The van der Waals surface area contributed by atoms with Gasteiger partial charge in [-0.2, -0.15) is 0 Å². The Kier molecular flexibility index (Phi) is 6.59. The van der Waals surface area contributed by atoms with Gasteiger partial charge < -0.3 is 14.6 Å². The third-order valence-corrected chi connectivity index (χ3v) is 5.68. The molecule has 0 radical (unpaired) electrons. The summed E-state index contributed by atoms with van der Waals surface area (Å²) < 4.78 is 10.2. The van der Waals surface area contributed by atoms with E-state index >= 15 is 0 Å². The highest BCUT2D eigenvalue weighted by atomic mass is 16.7. The Balaban J connectivity index is 2.12. The predicted octanol–water partition coefficient (Wildman–Crippen LogP) is 4.17. The lowest BCUT2D eigenvalue weighted by Gasteiger charge is -2.36. The molecule has 3 unspecified atom stereocenters. The average molecular weight is 360 g/mol. The monoisotopic (exact) mass is 360 g/mol. The molecule has 26 heavy (non-hydrogen) atoms. The number of methoxy groups -OCH3 is 1. The zero-order valence-electron chi connectivity index (χ0n) is 15.8. The molecule has 0 amide bonds. The highest BCUT2D eigenvalue weighted by Gasteiger charge is 2.33. The van der Waals surface area contributed by atoms with Crippen molar-refractivity contribution in [2.45, 2.75) is 52.2 Å². The molecular formula is C21H28O5. The number of allylic oxidation sites excluding steroid dienone is 3. The van der Waals surface area contributed by atoms with Crippen LogP contribution in [0.2, 0.25) is 0 Å². The Bertz CT molecular complexity index is 670. The Morgan fingerprint density at radius 1 is 1.50 bits per heavy atom. The number of cyclic esters (lactones) is 1. The van der Waals surface area contributed by atoms with Crippen molar-refractivity contribution >= 4 is 11.9 Å². The molecule has 1 aliphatic heterocycles. The minimum absolute atomic E-state index is 0.00236. The Morgan fingerprint density at radius 3 is 2.85 bits per heavy atom. The van der Waals surface area contributed by atoms with Gasteiger partial charge in [0.1, 0.15) is 0 Å². The lowest BCUT2D eigenvalue weighted by molar-refractivity contribution is -0.155. The number of hydrogen-bond acceptors (Lipinski definition) is 4. The maximum Gasteiger partial charge on any atom is 0.336 e. The van der Waals surface area contributed by atoms with Crippen molar-refractivity contribution in [3.05, 3.63) is 47.6 Å². The lowest BCUT2D eigenvalue weighted by Crippen LogP contribution is -2.26. The fourth-order valence-electron chi connectivity index (χ4n) is 3.43. The maximum atomic E-state index is 11.9. The van der Waals surface area contributed by atoms with Crippen LogP contribution in [0.5, 0.6) is 0 Å². The summed E-state index contributed by atoms with van der Waals surface area (Å²) in [4.78, 5) is 23.3. The Hall–Kier alpha value is -2.14. The van der Waals surface area contributed by atoms with Crippen LogP contribution in [0.1, 0.15) is 46.0 Å². The molecule has 5 heteroatoms. The van der Waals surface area contributed by atoms with Gasteiger partial charge in [0.05, 0.1) is 5.57 Å². The first-order valence-electron chi connectivity index (χ1n) is 8.99. The van der Waals surface area contributed by atoms with Crippen LogP contribution in [0.3, 0.4) is 0 Å². The SMILES string of the molecule is C=C1CCC(C)C(C)(CCC2=CC(OC)OC2=O)C/C=C\C=C\1C(=O)O. The van der Waals surface area contributed by atoms with Crippen LogP contribution >= 0.6 is 0 Å². The highest BCUT2D eigenvalue weighted by Crippen LogP contribution is 2.41. The van der Waals surface area contributed by atoms with E-state index in [0.29, 0.717) is 29.9 Å². The molecule has 1 heterocycles. The summed E-state index contributed by atoms with van der Waals surface area (Å²) in [5.41, 5.74) is 1.60. The van der Waals surface area contributed by atoms with Gasteiger partial charge in [-0.25, -0.2) is 9.59 Å². The Morgan fingerprint density at radius 2 is 2.23 bits per heavy atom. The van der Waals surface area contributed by atoms with E-state index in [1.54, 1.807) is 18.2 Å². The van der Waals surface area contributed by atoms with Crippen LogP contribution in [0.25, 0.3) is 0 Å². The second-order valence-corrected chi connectivity index (χ2v) is 7.42. The minimum atomic E-state index is -0.935. The third-order valence-electron chi connectivity index (χ3n) is 5.68. The Labute approximate surface area is 155 Å². The van der Waals surface area contributed by atoms with Crippen molar-refractivity contribution in [2.24, 2.45) is 11.3 Å². The largest absolute Gasteiger partial charge is 0.478 e. The van der Waals surface area contributed by atoms with Crippen molar-refractivity contribution in [2.75, 3.05) is 7.11 Å². The number of carboxylic acids is 1. The topological polar surface area (TPSA) is 72.8 Å². The summed E-state index contributed by atoms with van der Waals surface area (Å²) in [5.74, 6) is -0.880. The van der Waals surface area contributed by atoms with Crippen molar-refractivity contribution in [1.29, 1.82) is 0 Å². The van der Waals surface area contributed by atoms with E-state index in [-0.39, 0.29) is 17.0 Å². The molecule has 0 fully saturated rings. The molecule has 2 aliphatic rings. The summed E-state index contributed by atoms with van der Waals surface area (Å²) in [6.07, 6.45) is 10.4. The number of aliphatic carboxylic acids is 1. The third kappa shape index (κ3) is 4.73. The van der Waals surface area contributed by atoms with Crippen LogP contribution in [-0.4, -0.2) is 30.4 Å². The summed E-state index contributed by atoms with van der Waals surface area (Å²) in [6.45, 7) is 8.35. The van der Waals surface area contributed by atoms with E-state index in [9.17, 15) is 14.7 Å². The van der Waals surface area contributed by atoms with E-state index in [4.69, 9.17) is 9.47 Å². The molecule has 0 aromatic heterocycles. The van der Waals surface area contributed by atoms with Crippen LogP contribution in [0, 0.1) is 11.3 Å². The summed E-state index contributed by atoms with van der Waals surface area (Å²) in [6, 6.07) is 0. The fraction of sp³-hybridized carbons (Fsp3) is 0.524. The second kappa shape index (κ2) is 8.49. The number of carbonyl (C=O) groups excluding carboxylic acids is 1. The number of rotatable bonds is 5. The smallest absolute Gasteiger partial charge is 0.336 e. The normalized spacial score (nSPS) is 33.0. The molecule has 0 aromatic carbocycles. The summed E-state index contributed by atoms with van der Waals surface area (Å²) >= 11 is 0. The number of carboxylic acid groups (broad SMARTS) is 1. The molecule has 0 bridgehead atoms. The van der Waals surface area contributed by atoms with Crippen LogP contribution in [0.15, 0.2) is 47.6 Å². The zero-order chi connectivity index (χ0) is 19.3. The quantitative estimate of drug-likeness (QED) is 0.745. The zero-order valence-corrected chi connectivity index (χ0v) is 15.8. The van der Waals surface area contributed by atoms with Gasteiger partial charge in [0, 0.05) is 12.7 Å². The van der Waals surface area contributed by atoms with Crippen LogP contribution < -0.4 is 0 Å². The van der Waals surface area contributed by atoms with Crippen molar-refractivity contribution in [3.63, 3.8) is 0 Å². The molecule has 5 nitrogen and oxygen atoms in total. The average Bonchev–Trinajstić information content (AvgIpc) is 2.96. The molecule has 0 saturated carbocycles.